The summed E-state index contributed by atoms with van der Waals surface area (Å²) in [7, 11) is 0. The predicted molar refractivity (Wildman–Crippen MR) is 142 cm³/mol. The minimum atomic E-state index is -0.524. The summed E-state index contributed by atoms with van der Waals surface area (Å²) in [5.41, 5.74) is 2.96. The number of rotatable bonds is 9. The summed E-state index contributed by atoms with van der Waals surface area (Å²) >= 11 is 6.66. The third kappa shape index (κ3) is 5.50. The van der Waals surface area contributed by atoms with Gasteiger partial charge in [-0.2, -0.15) is 0 Å². The van der Waals surface area contributed by atoms with Crippen LogP contribution in [0.4, 0.5) is 0 Å². The van der Waals surface area contributed by atoms with E-state index in [0.717, 1.165) is 5.56 Å². The molecule has 1 aromatic heterocycles. The number of aromatic nitrogens is 2. The van der Waals surface area contributed by atoms with E-state index in [9.17, 15) is 9.59 Å². The Bertz CT molecular complexity index is 1420. The predicted octanol–water partition coefficient (Wildman–Crippen LogP) is 5.21. The lowest BCUT2D eigenvalue weighted by Gasteiger charge is -2.42. The van der Waals surface area contributed by atoms with Gasteiger partial charge in [-0.05, 0) is 24.0 Å². The first kappa shape index (κ1) is 24.9. The largest absolute Gasteiger partial charge is 0.459 e. The van der Waals surface area contributed by atoms with Crippen LogP contribution in [0.1, 0.15) is 23.2 Å². The second-order valence-electron chi connectivity index (χ2n) is 9.24. The summed E-state index contributed by atoms with van der Waals surface area (Å²) in [6.45, 7) is 1.04. The molecule has 0 aliphatic carbocycles. The van der Waals surface area contributed by atoms with Gasteiger partial charge in [0.05, 0.1) is 18.9 Å². The Labute approximate surface area is 220 Å². The molecule has 0 radical (unpaired) electrons. The molecule has 0 unspecified atom stereocenters. The van der Waals surface area contributed by atoms with Gasteiger partial charge in [-0.25, -0.2) is 4.98 Å². The van der Waals surface area contributed by atoms with Gasteiger partial charge < -0.3 is 9.47 Å². The number of hydrogen-bond acceptors (Lipinski definition) is 5. The molecular formula is C30H27ClN2O4. The fourth-order valence-corrected chi connectivity index (χ4v) is 4.95. The van der Waals surface area contributed by atoms with Crippen molar-refractivity contribution in [2.75, 3.05) is 13.2 Å². The van der Waals surface area contributed by atoms with Crippen LogP contribution in [-0.4, -0.2) is 28.7 Å². The monoisotopic (exact) mass is 514 g/mol. The van der Waals surface area contributed by atoms with Gasteiger partial charge in [0.25, 0.3) is 5.56 Å². The molecule has 1 aliphatic rings. The number of halogens is 1. The molecule has 188 valence electrons. The van der Waals surface area contributed by atoms with Crippen molar-refractivity contribution in [3.8, 4) is 11.3 Å². The molecule has 0 spiro atoms. The maximum absolute atomic E-state index is 13.7. The van der Waals surface area contributed by atoms with E-state index < -0.39 is 5.97 Å². The zero-order valence-corrected chi connectivity index (χ0v) is 21.1. The normalized spacial score (nSPS) is 14.1. The number of esters is 1. The van der Waals surface area contributed by atoms with Crippen LogP contribution in [-0.2, 0) is 39.3 Å². The second kappa shape index (κ2) is 11.1. The number of carbonyl (C=O) groups excluding carboxylic acids is 1. The fraction of sp³-hybridized carbons (Fsp3) is 0.233. The van der Waals surface area contributed by atoms with Gasteiger partial charge >= 0.3 is 5.97 Å². The first-order valence-corrected chi connectivity index (χ1v) is 12.6. The highest BCUT2D eigenvalue weighted by molar-refractivity contribution is 6.31. The Kier molecular flexibility index (Phi) is 7.49. The van der Waals surface area contributed by atoms with Gasteiger partial charge in [0, 0.05) is 11.0 Å². The standard InChI is InChI=1S/C30H27ClN2O4/c31-28-27(23-12-6-2-7-13-23)33(18-26(34)37-19-22-10-4-1-5-11-22)29(35)25(32-28)16-17-30(20-36-21-30)24-14-8-3-9-15-24/h1-15H,16-21H2. The fourth-order valence-electron chi connectivity index (χ4n) is 4.64. The molecule has 1 aliphatic heterocycles. The van der Waals surface area contributed by atoms with Crippen LogP contribution in [0.2, 0.25) is 5.15 Å². The van der Waals surface area contributed by atoms with Gasteiger partial charge in [-0.1, -0.05) is 103 Å². The topological polar surface area (TPSA) is 70.4 Å². The van der Waals surface area contributed by atoms with E-state index >= 15 is 0 Å². The van der Waals surface area contributed by atoms with Crippen LogP contribution < -0.4 is 5.56 Å². The van der Waals surface area contributed by atoms with Crippen LogP contribution in [0.15, 0.2) is 95.8 Å². The molecule has 4 aromatic rings. The van der Waals surface area contributed by atoms with Crippen molar-refractivity contribution in [2.24, 2.45) is 0 Å². The van der Waals surface area contributed by atoms with Crippen molar-refractivity contribution in [2.45, 2.75) is 31.4 Å². The average Bonchev–Trinajstić information content (AvgIpc) is 2.91. The van der Waals surface area contributed by atoms with Crippen molar-refractivity contribution >= 4 is 17.6 Å². The number of benzene rings is 3. The molecule has 37 heavy (non-hydrogen) atoms. The highest BCUT2D eigenvalue weighted by Gasteiger charge is 2.40. The highest BCUT2D eigenvalue weighted by Crippen LogP contribution is 2.36. The van der Waals surface area contributed by atoms with E-state index in [1.165, 1.54) is 10.1 Å². The third-order valence-corrected chi connectivity index (χ3v) is 7.01. The number of hydrogen-bond donors (Lipinski definition) is 0. The van der Waals surface area contributed by atoms with Gasteiger partial charge in [0.15, 0.2) is 5.15 Å². The molecule has 0 N–H and O–H groups in total. The zero-order chi connectivity index (χ0) is 25.7. The van der Waals surface area contributed by atoms with Gasteiger partial charge in [0.2, 0.25) is 0 Å². The van der Waals surface area contributed by atoms with Crippen LogP contribution >= 0.6 is 11.6 Å². The van der Waals surface area contributed by atoms with Crippen LogP contribution in [0.25, 0.3) is 11.3 Å². The number of aryl methyl sites for hydroxylation is 1. The Balaban J connectivity index is 1.43. The molecular weight excluding hydrogens is 488 g/mol. The Hall–Kier alpha value is -3.74. The molecule has 2 heterocycles. The van der Waals surface area contributed by atoms with E-state index in [2.05, 4.69) is 17.1 Å². The summed E-state index contributed by atoms with van der Waals surface area (Å²) < 4.78 is 12.4. The Morgan fingerprint density at radius 2 is 1.57 bits per heavy atom. The summed E-state index contributed by atoms with van der Waals surface area (Å²) in [5.74, 6) is -0.524. The summed E-state index contributed by atoms with van der Waals surface area (Å²) in [5, 5.41) is 0.176. The maximum Gasteiger partial charge on any atom is 0.326 e. The molecule has 0 saturated carbocycles. The summed E-state index contributed by atoms with van der Waals surface area (Å²) in [6.07, 6.45) is 1.09. The summed E-state index contributed by atoms with van der Waals surface area (Å²) in [4.78, 5) is 31.0. The molecule has 0 bridgehead atoms. The molecule has 0 atom stereocenters. The molecule has 1 saturated heterocycles. The Morgan fingerprint density at radius 3 is 2.19 bits per heavy atom. The quantitative estimate of drug-likeness (QED) is 0.287. The maximum atomic E-state index is 13.7. The lowest BCUT2D eigenvalue weighted by atomic mass is 9.75. The first-order valence-electron chi connectivity index (χ1n) is 12.2. The Morgan fingerprint density at radius 1 is 0.946 bits per heavy atom. The van der Waals surface area contributed by atoms with Crippen molar-refractivity contribution < 1.29 is 14.3 Å². The van der Waals surface area contributed by atoms with E-state index in [0.29, 0.717) is 43.0 Å². The molecule has 1 fully saturated rings. The number of carbonyl (C=O) groups is 1. The van der Waals surface area contributed by atoms with Crippen LogP contribution in [0, 0.1) is 0 Å². The first-order chi connectivity index (χ1) is 18.1. The van der Waals surface area contributed by atoms with Crippen LogP contribution in [0.5, 0.6) is 0 Å². The van der Waals surface area contributed by atoms with Crippen molar-refractivity contribution in [1.82, 2.24) is 9.55 Å². The van der Waals surface area contributed by atoms with Crippen molar-refractivity contribution in [3.63, 3.8) is 0 Å². The van der Waals surface area contributed by atoms with E-state index in [-0.39, 0.29) is 29.3 Å². The molecule has 7 heteroatoms. The second-order valence-corrected chi connectivity index (χ2v) is 9.60. The average molecular weight is 515 g/mol. The van der Waals surface area contributed by atoms with Gasteiger partial charge in [-0.3, -0.25) is 14.2 Å². The van der Waals surface area contributed by atoms with E-state index in [1.54, 1.807) is 0 Å². The van der Waals surface area contributed by atoms with E-state index in [1.807, 2.05) is 78.9 Å². The molecule has 5 rings (SSSR count). The minimum absolute atomic E-state index is 0.125. The van der Waals surface area contributed by atoms with Gasteiger partial charge in [0.1, 0.15) is 18.8 Å². The number of nitrogens with zero attached hydrogens (tertiary/aromatic N) is 2. The van der Waals surface area contributed by atoms with Gasteiger partial charge in [-0.15, -0.1) is 0 Å². The van der Waals surface area contributed by atoms with Crippen molar-refractivity contribution in [3.05, 3.63) is 123 Å². The van der Waals surface area contributed by atoms with E-state index in [4.69, 9.17) is 21.1 Å². The lowest BCUT2D eigenvalue weighted by Crippen LogP contribution is -2.47. The number of ether oxygens (including phenoxy) is 2. The summed E-state index contributed by atoms with van der Waals surface area (Å²) in [6, 6.07) is 28.8. The lowest BCUT2D eigenvalue weighted by molar-refractivity contribution is -0.145. The SMILES string of the molecule is O=C(Cn1c(-c2ccccc2)c(Cl)nc(CCC2(c3ccccc3)COC2)c1=O)OCc1ccccc1. The molecule has 6 nitrogen and oxygen atoms in total. The third-order valence-electron chi connectivity index (χ3n) is 6.75. The molecule has 3 aromatic carbocycles. The van der Waals surface area contributed by atoms with Crippen molar-refractivity contribution in [1.29, 1.82) is 0 Å². The molecule has 0 amide bonds. The zero-order valence-electron chi connectivity index (χ0n) is 20.3. The van der Waals surface area contributed by atoms with Crippen LogP contribution in [0.3, 0.4) is 0 Å². The minimum Gasteiger partial charge on any atom is -0.459 e. The smallest absolute Gasteiger partial charge is 0.326 e. The highest BCUT2D eigenvalue weighted by atomic mass is 35.5.